The molecule has 1 fully saturated rings. The largest absolute Gasteiger partial charge is 0.497 e. The molecule has 0 radical (unpaired) electrons. The number of methoxy groups -OCH3 is 1. The summed E-state index contributed by atoms with van der Waals surface area (Å²) >= 11 is 13.8. The van der Waals surface area contributed by atoms with E-state index in [2.05, 4.69) is 41.4 Å². The van der Waals surface area contributed by atoms with Crippen LogP contribution in [0, 0.1) is 6.92 Å². The number of hydrogen-bond donors (Lipinski definition) is 0. The minimum atomic E-state index is -0.149. The number of piperazine rings is 1. The molecule has 2 amide bonds. The lowest BCUT2D eigenvalue weighted by molar-refractivity contribution is -0.133. The molecular weight excluding hydrogens is 605 g/mol. The molecule has 0 bridgehead atoms. The fourth-order valence-corrected chi connectivity index (χ4v) is 6.47. The number of thioether (sulfide) groups is 1. The van der Waals surface area contributed by atoms with E-state index >= 15 is 0 Å². The van der Waals surface area contributed by atoms with Gasteiger partial charge in [0.05, 0.1) is 17.7 Å². The molecule has 4 aromatic rings. The topological polar surface area (TPSA) is 80.6 Å². The van der Waals surface area contributed by atoms with Crippen LogP contribution in [0.3, 0.4) is 0 Å². The van der Waals surface area contributed by atoms with E-state index in [1.165, 1.54) is 5.56 Å². The summed E-state index contributed by atoms with van der Waals surface area (Å²) in [7, 11) is 1.64. The number of aryl methyl sites for hydroxylation is 1. The first-order chi connectivity index (χ1) is 20.7. The SMILES string of the molecule is COc1cccc(-c2nnc(SCCCC(=O)N3CCN(C(=O)c4ccc(Cl)cc4Cl)C(C)C3)n2-c2ccc(C)cc2)c1. The Bertz CT molecular complexity index is 1610. The van der Waals surface area contributed by atoms with Gasteiger partial charge in [0, 0.05) is 54.1 Å². The van der Waals surface area contributed by atoms with E-state index < -0.39 is 0 Å². The smallest absolute Gasteiger partial charge is 0.255 e. The molecule has 8 nitrogen and oxygen atoms in total. The molecule has 43 heavy (non-hydrogen) atoms. The maximum absolute atomic E-state index is 13.1. The van der Waals surface area contributed by atoms with E-state index in [-0.39, 0.29) is 17.9 Å². The number of ether oxygens (including phenoxy) is 1. The van der Waals surface area contributed by atoms with Gasteiger partial charge < -0.3 is 14.5 Å². The Morgan fingerprint density at radius 3 is 2.53 bits per heavy atom. The molecule has 3 aromatic carbocycles. The van der Waals surface area contributed by atoms with Crippen molar-refractivity contribution in [3.63, 3.8) is 0 Å². The van der Waals surface area contributed by atoms with Crippen molar-refractivity contribution in [2.75, 3.05) is 32.5 Å². The van der Waals surface area contributed by atoms with Crippen molar-refractivity contribution in [2.24, 2.45) is 0 Å². The van der Waals surface area contributed by atoms with Gasteiger partial charge in [0.2, 0.25) is 5.91 Å². The number of rotatable bonds is 9. The molecule has 0 spiro atoms. The third kappa shape index (κ3) is 7.17. The van der Waals surface area contributed by atoms with E-state index in [4.69, 9.17) is 27.9 Å². The molecule has 1 aliphatic rings. The van der Waals surface area contributed by atoms with Gasteiger partial charge in [-0.05, 0) is 62.7 Å². The quantitative estimate of drug-likeness (QED) is 0.148. The van der Waals surface area contributed by atoms with Crippen molar-refractivity contribution in [1.82, 2.24) is 24.6 Å². The van der Waals surface area contributed by atoms with Crippen molar-refractivity contribution in [1.29, 1.82) is 0 Å². The standard InChI is InChI=1S/C32H33Cl2N5O3S/c1-21-9-12-25(13-10-21)39-30(23-6-4-7-26(18-23)42-3)35-36-32(39)43-17-5-8-29(40)37-15-16-38(22(2)20-37)31(41)27-14-11-24(33)19-28(27)34/h4,6-7,9-14,18-19,22H,5,8,15-17,20H2,1-3H3. The predicted molar refractivity (Wildman–Crippen MR) is 172 cm³/mol. The van der Waals surface area contributed by atoms with Crippen LogP contribution in [-0.2, 0) is 4.79 Å². The molecule has 5 rings (SSSR count). The number of amides is 2. The summed E-state index contributed by atoms with van der Waals surface area (Å²) in [5, 5.41) is 10.6. The van der Waals surface area contributed by atoms with E-state index in [9.17, 15) is 9.59 Å². The summed E-state index contributed by atoms with van der Waals surface area (Å²) in [4.78, 5) is 29.8. The first kappa shape index (κ1) is 30.9. The molecule has 1 unspecified atom stereocenters. The third-order valence-corrected chi connectivity index (χ3v) is 8.99. The Kier molecular flexibility index (Phi) is 9.95. The summed E-state index contributed by atoms with van der Waals surface area (Å²) in [5.41, 5.74) is 3.45. The van der Waals surface area contributed by atoms with Crippen molar-refractivity contribution in [3.05, 3.63) is 87.9 Å². The molecule has 2 heterocycles. The van der Waals surface area contributed by atoms with Crippen LogP contribution < -0.4 is 4.74 Å². The van der Waals surface area contributed by atoms with Crippen molar-refractivity contribution >= 4 is 46.8 Å². The molecule has 11 heteroatoms. The zero-order chi connectivity index (χ0) is 30.5. The van der Waals surface area contributed by atoms with Gasteiger partial charge >= 0.3 is 0 Å². The molecule has 1 aliphatic heterocycles. The van der Waals surface area contributed by atoms with E-state index in [0.717, 1.165) is 28.0 Å². The number of benzene rings is 3. The van der Waals surface area contributed by atoms with Crippen molar-refractivity contribution in [3.8, 4) is 22.8 Å². The normalized spacial score (nSPS) is 15.0. The number of carbonyl (C=O) groups excluding carboxylic acids is 2. The minimum Gasteiger partial charge on any atom is -0.497 e. The number of aromatic nitrogens is 3. The highest BCUT2D eigenvalue weighted by Gasteiger charge is 2.31. The lowest BCUT2D eigenvalue weighted by Gasteiger charge is -2.40. The predicted octanol–water partition coefficient (Wildman–Crippen LogP) is 6.80. The summed E-state index contributed by atoms with van der Waals surface area (Å²) < 4.78 is 7.47. The average molecular weight is 639 g/mol. The Labute approximate surface area is 265 Å². The second-order valence-electron chi connectivity index (χ2n) is 10.5. The highest BCUT2D eigenvalue weighted by atomic mass is 35.5. The first-order valence-corrected chi connectivity index (χ1v) is 15.8. The van der Waals surface area contributed by atoms with Crippen molar-refractivity contribution in [2.45, 2.75) is 37.9 Å². The minimum absolute atomic E-state index is 0.0844. The van der Waals surface area contributed by atoms with E-state index in [1.807, 2.05) is 40.7 Å². The van der Waals surface area contributed by atoms with Crippen LogP contribution in [0.4, 0.5) is 0 Å². The highest BCUT2D eigenvalue weighted by molar-refractivity contribution is 7.99. The van der Waals surface area contributed by atoms with E-state index in [0.29, 0.717) is 53.8 Å². The highest BCUT2D eigenvalue weighted by Crippen LogP contribution is 2.30. The summed E-state index contributed by atoms with van der Waals surface area (Å²) in [6.45, 7) is 5.42. The molecule has 0 aliphatic carbocycles. The van der Waals surface area contributed by atoms with Crippen LogP contribution in [0.1, 0.15) is 35.7 Å². The molecule has 1 atom stereocenters. The Morgan fingerprint density at radius 1 is 1.02 bits per heavy atom. The maximum atomic E-state index is 13.1. The van der Waals surface area contributed by atoms with Gasteiger partial charge in [-0.3, -0.25) is 14.2 Å². The van der Waals surface area contributed by atoms with Gasteiger partial charge in [0.25, 0.3) is 5.91 Å². The summed E-state index contributed by atoms with van der Waals surface area (Å²) in [5.74, 6) is 2.11. The van der Waals surface area contributed by atoms with E-state index in [1.54, 1.807) is 42.0 Å². The van der Waals surface area contributed by atoms with Gasteiger partial charge in [0.15, 0.2) is 11.0 Å². The van der Waals surface area contributed by atoms with Crippen LogP contribution in [0.25, 0.3) is 17.1 Å². The van der Waals surface area contributed by atoms with Crippen LogP contribution in [-0.4, -0.2) is 74.9 Å². The van der Waals surface area contributed by atoms with Crippen LogP contribution >= 0.6 is 35.0 Å². The number of nitrogens with zero attached hydrogens (tertiary/aromatic N) is 5. The third-order valence-electron chi connectivity index (χ3n) is 7.42. The van der Waals surface area contributed by atoms with Gasteiger partial charge in [-0.2, -0.15) is 0 Å². The summed E-state index contributed by atoms with van der Waals surface area (Å²) in [6.07, 6.45) is 1.10. The number of hydrogen-bond acceptors (Lipinski definition) is 6. The number of carbonyl (C=O) groups is 2. The summed E-state index contributed by atoms with van der Waals surface area (Å²) in [6, 6.07) is 20.8. The molecule has 0 N–H and O–H groups in total. The van der Waals surface area contributed by atoms with Crippen LogP contribution in [0.5, 0.6) is 5.75 Å². The molecule has 1 aromatic heterocycles. The number of halogens is 2. The monoisotopic (exact) mass is 637 g/mol. The zero-order valence-electron chi connectivity index (χ0n) is 24.3. The molecule has 0 saturated carbocycles. The lowest BCUT2D eigenvalue weighted by Crippen LogP contribution is -2.55. The van der Waals surface area contributed by atoms with Gasteiger partial charge in [0.1, 0.15) is 5.75 Å². The Morgan fingerprint density at radius 2 is 1.81 bits per heavy atom. The lowest BCUT2D eigenvalue weighted by atomic mass is 10.1. The fourth-order valence-electron chi connectivity index (χ4n) is 5.09. The van der Waals surface area contributed by atoms with Crippen LogP contribution in [0.15, 0.2) is 71.9 Å². The van der Waals surface area contributed by atoms with Gasteiger partial charge in [-0.25, -0.2) is 0 Å². The molecule has 224 valence electrons. The zero-order valence-corrected chi connectivity index (χ0v) is 26.6. The van der Waals surface area contributed by atoms with Crippen LogP contribution in [0.2, 0.25) is 10.0 Å². The average Bonchev–Trinajstić information content (AvgIpc) is 3.43. The van der Waals surface area contributed by atoms with Gasteiger partial charge in [-0.15, -0.1) is 10.2 Å². The Hall–Kier alpha value is -3.53. The van der Waals surface area contributed by atoms with Gasteiger partial charge in [-0.1, -0.05) is 64.8 Å². The Balaban J connectivity index is 1.19. The second kappa shape index (κ2) is 13.8. The first-order valence-electron chi connectivity index (χ1n) is 14.1. The molecular formula is C32H33Cl2N5O3S. The fraction of sp³-hybridized carbons (Fsp3) is 0.312. The maximum Gasteiger partial charge on any atom is 0.255 e. The molecule has 1 saturated heterocycles. The van der Waals surface area contributed by atoms with Crippen molar-refractivity contribution < 1.29 is 14.3 Å². The second-order valence-corrected chi connectivity index (χ2v) is 12.4.